The molecular weight excluding hydrogens is 359 g/mol. The lowest BCUT2D eigenvalue weighted by molar-refractivity contribution is -0.137. The molecule has 0 N–H and O–H groups in total. The number of rotatable bonds is 4. The summed E-state index contributed by atoms with van der Waals surface area (Å²) in [7, 11) is -3.56. The van der Waals surface area contributed by atoms with Crippen LogP contribution in [-0.4, -0.2) is 37.6 Å². The normalized spacial score (nSPS) is 18.2. The molecule has 0 saturated heterocycles. The molecule has 1 aromatic heterocycles. The molecule has 0 spiro atoms. The molecule has 0 fully saturated rings. The van der Waals surface area contributed by atoms with E-state index in [2.05, 4.69) is 5.10 Å². The topological polar surface area (TPSA) is 64.4 Å². The van der Waals surface area contributed by atoms with Gasteiger partial charge >= 0.3 is 6.18 Å². The summed E-state index contributed by atoms with van der Waals surface area (Å²) < 4.78 is 67.1. The minimum atomic E-state index is -4.39. The van der Waals surface area contributed by atoms with E-state index in [1.54, 1.807) is 21.8 Å². The van der Waals surface area contributed by atoms with Gasteiger partial charge in [-0.05, 0) is 24.3 Å². The Labute approximate surface area is 142 Å². The van der Waals surface area contributed by atoms with Crippen molar-refractivity contribution in [3.8, 4) is 0 Å². The van der Waals surface area contributed by atoms with Crippen LogP contribution in [0.4, 0.5) is 24.7 Å². The molecule has 0 bridgehead atoms. The van der Waals surface area contributed by atoms with Crippen molar-refractivity contribution < 1.29 is 25.8 Å². The van der Waals surface area contributed by atoms with E-state index < -0.39 is 21.9 Å². The Bertz CT molecular complexity index is 847. The number of anilines is 2. The van der Waals surface area contributed by atoms with Crippen molar-refractivity contribution in [3.05, 3.63) is 42.1 Å². The van der Waals surface area contributed by atoms with Gasteiger partial charge in [0, 0.05) is 30.8 Å². The SMILES string of the molecule is CS(=O)(=O)OCC1CN(c2ccc(C(F)(F)F)cc2)c2ccnn2C1. The van der Waals surface area contributed by atoms with E-state index in [4.69, 9.17) is 4.18 Å². The van der Waals surface area contributed by atoms with Crippen molar-refractivity contribution in [1.29, 1.82) is 0 Å². The van der Waals surface area contributed by atoms with E-state index in [0.717, 1.165) is 24.2 Å². The van der Waals surface area contributed by atoms with Crippen molar-refractivity contribution in [2.45, 2.75) is 12.7 Å². The lowest BCUT2D eigenvalue weighted by Crippen LogP contribution is -2.37. The van der Waals surface area contributed by atoms with Crippen LogP contribution in [0.25, 0.3) is 0 Å². The van der Waals surface area contributed by atoms with E-state index in [1.165, 1.54) is 12.1 Å². The fourth-order valence-corrected chi connectivity index (χ4v) is 3.18. The van der Waals surface area contributed by atoms with Crippen LogP contribution in [0.3, 0.4) is 0 Å². The van der Waals surface area contributed by atoms with Gasteiger partial charge in [0.1, 0.15) is 5.82 Å². The molecule has 2 aromatic rings. The molecule has 6 nitrogen and oxygen atoms in total. The van der Waals surface area contributed by atoms with Crippen molar-refractivity contribution in [3.63, 3.8) is 0 Å². The number of nitrogens with zero attached hydrogens (tertiary/aromatic N) is 3. The first-order valence-corrected chi connectivity index (χ1v) is 9.26. The van der Waals surface area contributed by atoms with Crippen molar-refractivity contribution in [2.75, 3.05) is 24.3 Å². The zero-order chi connectivity index (χ0) is 18.2. The fraction of sp³-hybridized carbons (Fsp3) is 0.400. The van der Waals surface area contributed by atoms with Gasteiger partial charge in [0.25, 0.3) is 10.1 Å². The third-order valence-corrected chi connectivity index (χ3v) is 4.43. The molecule has 0 radical (unpaired) electrons. The molecule has 2 heterocycles. The third kappa shape index (κ3) is 4.13. The molecule has 0 amide bonds. The largest absolute Gasteiger partial charge is 0.416 e. The molecule has 1 atom stereocenters. The molecule has 1 aromatic carbocycles. The van der Waals surface area contributed by atoms with E-state index in [-0.39, 0.29) is 12.5 Å². The Morgan fingerprint density at radius 2 is 1.88 bits per heavy atom. The third-order valence-electron chi connectivity index (χ3n) is 3.87. The Morgan fingerprint density at radius 1 is 1.20 bits per heavy atom. The standard InChI is InChI=1S/C15H16F3N3O3S/c1-25(22,23)24-10-11-8-20(14-6-7-19-21(14)9-11)13-4-2-12(3-5-13)15(16,17)18/h2-7,11H,8-10H2,1H3. The van der Waals surface area contributed by atoms with Gasteiger partial charge in [-0.2, -0.15) is 26.7 Å². The van der Waals surface area contributed by atoms with E-state index in [1.807, 2.05) is 0 Å². The molecule has 3 rings (SSSR count). The monoisotopic (exact) mass is 375 g/mol. The van der Waals surface area contributed by atoms with Crippen LogP contribution in [0.15, 0.2) is 36.5 Å². The number of hydrogen-bond donors (Lipinski definition) is 0. The van der Waals surface area contributed by atoms with Gasteiger partial charge < -0.3 is 4.90 Å². The zero-order valence-corrected chi connectivity index (χ0v) is 14.1. The smallest absolute Gasteiger partial charge is 0.326 e. The predicted molar refractivity (Wildman–Crippen MR) is 85.0 cm³/mol. The van der Waals surface area contributed by atoms with Gasteiger partial charge in [-0.25, -0.2) is 4.68 Å². The molecule has 0 saturated carbocycles. The second-order valence-electron chi connectivity index (χ2n) is 5.88. The summed E-state index contributed by atoms with van der Waals surface area (Å²) in [5.74, 6) is 0.555. The van der Waals surface area contributed by atoms with Gasteiger partial charge in [0.2, 0.25) is 0 Å². The molecule has 10 heteroatoms. The maximum Gasteiger partial charge on any atom is 0.416 e. The van der Waals surface area contributed by atoms with Crippen LogP contribution in [-0.2, 0) is 27.0 Å². The summed E-state index contributed by atoms with van der Waals surface area (Å²) in [6.45, 7) is 0.858. The van der Waals surface area contributed by atoms with Crippen molar-refractivity contribution in [1.82, 2.24) is 9.78 Å². The molecule has 0 aliphatic carbocycles. The highest BCUT2D eigenvalue weighted by Crippen LogP contribution is 2.34. The second-order valence-corrected chi connectivity index (χ2v) is 7.53. The summed E-state index contributed by atoms with van der Waals surface area (Å²) in [6.07, 6.45) is -1.83. The van der Waals surface area contributed by atoms with Gasteiger partial charge in [-0.3, -0.25) is 4.18 Å². The van der Waals surface area contributed by atoms with Crippen LogP contribution in [0.5, 0.6) is 0 Å². The zero-order valence-electron chi connectivity index (χ0n) is 13.3. The van der Waals surface area contributed by atoms with Gasteiger partial charge in [0.05, 0.1) is 24.6 Å². The first-order chi connectivity index (χ1) is 11.6. The average molecular weight is 375 g/mol. The molecule has 25 heavy (non-hydrogen) atoms. The first kappa shape index (κ1) is 17.7. The van der Waals surface area contributed by atoms with E-state index >= 15 is 0 Å². The molecule has 1 unspecified atom stereocenters. The van der Waals surface area contributed by atoms with Crippen LogP contribution in [0, 0.1) is 5.92 Å². The Hall–Kier alpha value is -2.07. The van der Waals surface area contributed by atoms with E-state index in [9.17, 15) is 21.6 Å². The number of benzene rings is 1. The summed E-state index contributed by atoms with van der Waals surface area (Å²) in [6, 6.07) is 6.57. The number of aromatic nitrogens is 2. The predicted octanol–water partition coefficient (Wildman–Crippen LogP) is 2.65. The quantitative estimate of drug-likeness (QED) is 0.769. The summed E-state index contributed by atoms with van der Waals surface area (Å²) in [4.78, 5) is 1.80. The van der Waals surface area contributed by atoms with E-state index in [0.29, 0.717) is 18.8 Å². The lowest BCUT2D eigenvalue weighted by atomic mass is 10.1. The highest BCUT2D eigenvalue weighted by atomic mass is 32.2. The fourth-order valence-electron chi connectivity index (χ4n) is 2.74. The maximum atomic E-state index is 12.7. The highest BCUT2D eigenvalue weighted by Gasteiger charge is 2.31. The van der Waals surface area contributed by atoms with Crippen LogP contribution in [0.2, 0.25) is 0 Å². The Kier molecular flexibility index (Phi) is 4.50. The maximum absolute atomic E-state index is 12.7. The summed E-state index contributed by atoms with van der Waals surface area (Å²) in [5, 5.41) is 4.17. The second kappa shape index (κ2) is 6.34. The average Bonchev–Trinajstić information content (AvgIpc) is 2.99. The first-order valence-electron chi connectivity index (χ1n) is 7.44. The number of halogens is 3. The van der Waals surface area contributed by atoms with Crippen molar-refractivity contribution in [2.24, 2.45) is 5.92 Å². The van der Waals surface area contributed by atoms with Crippen LogP contribution >= 0.6 is 0 Å². The van der Waals surface area contributed by atoms with Crippen molar-refractivity contribution >= 4 is 21.6 Å². The number of fused-ring (bicyclic) bond motifs is 1. The van der Waals surface area contributed by atoms with Gasteiger partial charge in [0.15, 0.2) is 0 Å². The Balaban J connectivity index is 1.85. The minimum absolute atomic E-state index is 0.0186. The van der Waals surface area contributed by atoms with Crippen LogP contribution in [0.1, 0.15) is 5.56 Å². The van der Waals surface area contributed by atoms with Gasteiger partial charge in [-0.1, -0.05) is 0 Å². The summed E-state index contributed by atoms with van der Waals surface area (Å²) >= 11 is 0. The van der Waals surface area contributed by atoms with Gasteiger partial charge in [-0.15, -0.1) is 0 Å². The lowest BCUT2D eigenvalue weighted by Gasteiger charge is -2.34. The van der Waals surface area contributed by atoms with Crippen LogP contribution < -0.4 is 4.90 Å². The molecule has 1 aliphatic rings. The number of hydrogen-bond acceptors (Lipinski definition) is 5. The summed E-state index contributed by atoms with van der Waals surface area (Å²) in [5.41, 5.74) is -0.155. The molecule has 1 aliphatic heterocycles. The number of alkyl halides is 3. The Morgan fingerprint density at radius 3 is 2.48 bits per heavy atom. The molecule has 136 valence electrons. The minimum Gasteiger partial charge on any atom is -0.326 e. The molecular formula is C15H16F3N3O3S. The highest BCUT2D eigenvalue weighted by molar-refractivity contribution is 7.85.